The largest absolute Gasteiger partial charge is 1.00 e. The summed E-state index contributed by atoms with van der Waals surface area (Å²) >= 11 is 0. The van der Waals surface area contributed by atoms with Crippen molar-refractivity contribution in [2.45, 2.75) is 103 Å². The van der Waals surface area contributed by atoms with Crippen LogP contribution in [0.4, 0.5) is 0 Å². The molecule has 0 bridgehead atoms. The zero-order chi connectivity index (χ0) is 18.9. The van der Waals surface area contributed by atoms with E-state index in [1.807, 2.05) is 0 Å². The Morgan fingerprint density at radius 2 is 1.19 bits per heavy atom. The molecule has 0 aliphatic rings. The van der Waals surface area contributed by atoms with Crippen LogP contribution in [0.25, 0.3) is 0 Å². The van der Waals surface area contributed by atoms with Crippen molar-refractivity contribution in [1.82, 2.24) is 5.32 Å². The number of rotatable bonds is 17. The summed E-state index contributed by atoms with van der Waals surface area (Å²) in [6, 6.07) is -1.27. The Labute approximate surface area is 208 Å². The molecule has 1 unspecified atom stereocenters. The first-order valence-corrected chi connectivity index (χ1v) is 9.67. The molecular formula is C19H33NNa2O5. The minimum absolute atomic E-state index is 0. The third-order valence-corrected chi connectivity index (χ3v) is 4.26. The van der Waals surface area contributed by atoms with Crippen LogP contribution in [0.5, 0.6) is 0 Å². The zero-order valence-electron chi connectivity index (χ0n) is 17.5. The Balaban J connectivity index is -0.00000288. The average Bonchev–Trinajstić information content (AvgIpc) is 2.56. The van der Waals surface area contributed by atoms with Gasteiger partial charge in [-0.05, 0) is 19.3 Å². The van der Waals surface area contributed by atoms with Gasteiger partial charge < -0.3 is 25.1 Å². The number of amides is 1. The molecule has 0 heterocycles. The first kappa shape index (κ1) is 32.1. The fourth-order valence-corrected chi connectivity index (χ4v) is 2.73. The molecule has 146 valence electrons. The Kier molecular flexibility index (Phi) is 27.0. The summed E-state index contributed by atoms with van der Waals surface area (Å²) in [4.78, 5) is 32.9. The zero-order valence-corrected chi connectivity index (χ0v) is 21.5. The first-order valence-electron chi connectivity index (χ1n) is 9.67. The van der Waals surface area contributed by atoms with E-state index in [4.69, 9.17) is 0 Å². The predicted molar refractivity (Wildman–Crippen MR) is 92.3 cm³/mol. The molecule has 1 amide bonds. The Morgan fingerprint density at radius 3 is 1.59 bits per heavy atom. The summed E-state index contributed by atoms with van der Waals surface area (Å²) < 4.78 is 0. The van der Waals surface area contributed by atoms with Crippen LogP contribution in [0.2, 0.25) is 0 Å². The van der Waals surface area contributed by atoms with E-state index in [0.717, 1.165) is 12.8 Å². The van der Waals surface area contributed by atoms with Crippen LogP contribution in [-0.4, -0.2) is 23.9 Å². The van der Waals surface area contributed by atoms with Crippen molar-refractivity contribution in [3.8, 4) is 0 Å². The summed E-state index contributed by atoms with van der Waals surface area (Å²) in [7, 11) is 0. The van der Waals surface area contributed by atoms with Crippen LogP contribution in [0, 0.1) is 0 Å². The molecule has 1 N–H and O–H groups in total. The molecule has 0 rings (SSSR count). The normalized spacial score (nSPS) is 11.0. The second-order valence-corrected chi connectivity index (χ2v) is 6.64. The van der Waals surface area contributed by atoms with Gasteiger partial charge in [0.1, 0.15) is 0 Å². The second-order valence-electron chi connectivity index (χ2n) is 6.64. The number of nitrogens with one attached hydrogen (secondary N) is 1. The molecule has 0 aromatic rings. The van der Waals surface area contributed by atoms with Gasteiger partial charge in [-0.3, -0.25) is 4.79 Å². The maximum Gasteiger partial charge on any atom is 1.00 e. The van der Waals surface area contributed by atoms with Crippen molar-refractivity contribution in [2.75, 3.05) is 0 Å². The standard InChI is InChI=1S/C19H35NO5.2Na/c1-2-3-4-5-6-7-8-9-10-11-12-13-17(21)20-16(19(24)25)14-15-18(22)23;;/h16H,2-15H2,1H3,(H,20,21)(H,22,23)(H,24,25);;/q;2*+1/p-2. The van der Waals surface area contributed by atoms with Gasteiger partial charge in [0.05, 0.1) is 12.0 Å². The number of unbranched alkanes of at least 4 members (excludes halogenated alkanes) is 10. The van der Waals surface area contributed by atoms with Crippen molar-refractivity contribution < 1.29 is 83.7 Å². The molecule has 0 fully saturated rings. The maximum absolute atomic E-state index is 11.7. The van der Waals surface area contributed by atoms with E-state index >= 15 is 0 Å². The van der Waals surface area contributed by atoms with Crippen LogP contribution in [0.3, 0.4) is 0 Å². The number of aliphatic carboxylic acids is 2. The first-order chi connectivity index (χ1) is 12.0. The minimum atomic E-state index is -1.46. The van der Waals surface area contributed by atoms with Crippen LogP contribution in [-0.2, 0) is 14.4 Å². The van der Waals surface area contributed by atoms with Gasteiger partial charge >= 0.3 is 59.1 Å². The van der Waals surface area contributed by atoms with Gasteiger partial charge in [-0.1, -0.05) is 71.1 Å². The van der Waals surface area contributed by atoms with Gasteiger partial charge in [-0.15, -0.1) is 0 Å². The molecule has 0 spiro atoms. The average molecular weight is 401 g/mol. The quantitative estimate of drug-likeness (QED) is 0.195. The number of hydrogen-bond acceptors (Lipinski definition) is 5. The summed E-state index contributed by atoms with van der Waals surface area (Å²) in [5.74, 6) is -3.18. The smallest absolute Gasteiger partial charge is 0.550 e. The third-order valence-electron chi connectivity index (χ3n) is 4.26. The molecule has 27 heavy (non-hydrogen) atoms. The van der Waals surface area contributed by atoms with Crippen molar-refractivity contribution in [3.05, 3.63) is 0 Å². The van der Waals surface area contributed by atoms with Crippen molar-refractivity contribution in [3.63, 3.8) is 0 Å². The van der Waals surface area contributed by atoms with Gasteiger partial charge in [-0.25, -0.2) is 0 Å². The monoisotopic (exact) mass is 401 g/mol. The molecule has 0 aliphatic carbocycles. The van der Waals surface area contributed by atoms with Crippen LogP contribution in [0.15, 0.2) is 0 Å². The number of carboxylic acids is 2. The molecule has 0 aromatic carbocycles. The number of carboxylic acid groups (broad SMARTS) is 2. The van der Waals surface area contributed by atoms with Gasteiger partial charge in [0.15, 0.2) is 0 Å². The number of carbonyl (C=O) groups is 3. The maximum atomic E-state index is 11.7. The number of carbonyl (C=O) groups excluding carboxylic acids is 3. The SMILES string of the molecule is CCCCCCCCCCCCCC(=O)NC(CCC(=O)[O-])C(=O)[O-].[Na+].[Na+]. The van der Waals surface area contributed by atoms with Crippen molar-refractivity contribution in [1.29, 1.82) is 0 Å². The van der Waals surface area contributed by atoms with Crippen molar-refractivity contribution in [2.24, 2.45) is 0 Å². The molecule has 0 saturated heterocycles. The molecule has 0 aliphatic heterocycles. The van der Waals surface area contributed by atoms with Gasteiger partial charge in [0.2, 0.25) is 5.91 Å². The van der Waals surface area contributed by atoms with Crippen LogP contribution < -0.4 is 74.6 Å². The predicted octanol–water partition coefficient (Wildman–Crippen LogP) is -4.54. The third kappa shape index (κ3) is 22.6. The van der Waals surface area contributed by atoms with E-state index in [2.05, 4.69) is 12.2 Å². The Hall–Kier alpha value is 0.410. The molecule has 6 nitrogen and oxygen atoms in total. The minimum Gasteiger partial charge on any atom is -0.550 e. The second kappa shape index (κ2) is 22.7. The fourth-order valence-electron chi connectivity index (χ4n) is 2.73. The Morgan fingerprint density at radius 1 is 0.741 bits per heavy atom. The van der Waals surface area contributed by atoms with Crippen LogP contribution in [0.1, 0.15) is 96.8 Å². The molecule has 1 atom stereocenters. The molecule has 0 radical (unpaired) electrons. The van der Waals surface area contributed by atoms with E-state index in [1.54, 1.807) is 0 Å². The van der Waals surface area contributed by atoms with Crippen molar-refractivity contribution >= 4 is 17.8 Å². The molecular weight excluding hydrogens is 368 g/mol. The van der Waals surface area contributed by atoms with Crippen LogP contribution >= 0.6 is 0 Å². The number of hydrogen-bond donors (Lipinski definition) is 1. The summed E-state index contributed by atoms with van der Waals surface area (Å²) in [6.07, 6.45) is 12.6. The van der Waals surface area contributed by atoms with E-state index in [0.29, 0.717) is 6.42 Å². The molecule has 8 heteroatoms. The van der Waals surface area contributed by atoms with Gasteiger partial charge in [-0.2, -0.15) is 0 Å². The Bertz CT molecular complexity index is 394. The van der Waals surface area contributed by atoms with E-state index in [-0.39, 0.29) is 77.9 Å². The summed E-state index contributed by atoms with van der Waals surface area (Å²) in [5, 5.41) is 23.5. The van der Waals surface area contributed by atoms with Gasteiger partial charge in [0, 0.05) is 12.4 Å². The molecule has 0 saturated carbocycles. The summed E-state index contributed by atoms with van der Waals surface area (Å²) in [5.41, 5.74) is 0. The summed E-state index contributed by atoms with van der Waals surface area (Å²) in [6.45, 7) is 2.21. The van der Waals surface area contributed by atoms with E-state index < -0.39 is 24.4 Å². The molecule has 0 aromatic heterocycles. The van der Waals surface area contributed by atoms with E-state index in [1.165, 1.54) is 51.4 Å². The van der Waals surface area contributed by atoms with E-state index in [9.17, 15) is 24.6 Å². The fraction of sp³-hybridized carbons (Fsp3) is 0.842. The topological polar surface area (TPSA) is 109 Å². The van der Waals surface area contributed by atoms with Gasteiger partial charge in [0.25, 0.3) is 0 Å².